The lowest BCUT2D eigenvalue weighted by Gasteiger charge is -2.35. The number of nitrogens with one attached hydrogen (secondary N) is 1. The van der Waals surface area contributed by atoms with Crippen molar-refractivity contribution in [1.29, 1.82) is 0 Å². The topological polar surface area (TPSA) is 70.1 Å². The first kappa shape index (κ1) is 17.8. The van der Waals surface area contributed by atoms with Crippen LogP contribution in [0.25, 0.3) is 0 Å². The van der Waals surface area contributed by atoms with Crippen molar-refractivity contribution in [3.63, 3.8) is 0 Å². The fourth-order valence-corrected chi connectivity index (χ4v) is 3.11. The fraction of sp³-hybridized carbons (Fsp3) is 0.611. The van der Waals surface area contributed by atoms with Crippen LogP contribution in [0.1, 0.15) is 38.3 Å². The molecule has 25 heavy (non-hydrogen) atoms. The number of aliphatic imine (C=N–C) groups is 1. The van der Waals surface area contributed by atoms with Gasteiger partial charge in [-0.2, -0.15) is 0 Å². The molecule has 2 aliphatic heterocycles. The number of rotatable bonds is 6. The van der Waals surface area contributed by atoms with Crippen molar-refractivity contribution in [3.05, 3.63) is 30.1 Å². The molecule has 0 unspecified atom stereocenters. The average Bonchev–Trinajstić information content (AvgIpc) is 3.06. The molecule has 0 radical (unpaired) electrons. The summed E-state index contributed by atoms with van der Waals surface area (Å²) in [6, 6.07) is 5.72. The molecule has 0 aliphatic carbocycles. The van der Waals surface area contributed by atoms with Crippen molar-refractivity contribution in [2.75, 3.05) is 33.2 Å². The predicted octanol–water partition coefficient (Wildman–Crippen LogP) is 1.41. The maximum atomic E-state index is 12.3. The molecule has 1 aromatic heterocycles. The molecule has 3 rings (SSSR count). The molecule has 1 amide bonds. The third kappa shape index (κ3) is 4.35. The number of nitrogens with zero attached hydrogens (tertiary/aromatic N) is 4. The van der Waals surface area contributed by atoms with Crippen LogP contribution in [-0.4, -0.2) is 65.5 Å². The van der Waals surface area contributed by atoms with Crippen LogP contribution in [0.5, 0.6) is 0 Å². The van der Waals surface area contributed by atoms with Crippen LogP contribution >= 0.6 is 0 Å². The van der Waals surface area contributed by atoms with E-state index in [1.807, 2.05) is 30.1 Å². The van der Waals surface area contributed by atoms with Crippen LogP contribution in [0, 0.1) is 0 Å². The lowest BCUT2D eigenvalue weighted by molar-refractivity contribution is -0.133. The first-order valence-corrected chi connectivity index (χ1v) is 9.03. The van der Waals surface area contributed by atoms with Crippen LogP contribution in [-0.2, 0) is 9.63 Å². The van der Waals surface area contributed by atoms with Gasteiger partial charge in [-0.3, -0.25) is 14.7 Å². The smallest absolute Gasteiger partial charge is 0.236 e. The van der Waals surface area contributed by atoms with Crippen LogP contribution in [0.15, 0.2) is 29.4 Å². The van der Waals surface area contributed by atoms with Gasteiger partial charge in [-0.05, 0) is 18.6 Å². The zero-order valence-electron chi connectivity index (χ0n) is 15.1. The first-order chi connectivity index (χ1) is 12.1. The minimum atomic E-state index is -0.527. The van der Waals surface area contributed by atoms with Gasteiger partial charge in [0, 0.05) is 45.7 Å². The molecular weight excluding hydrogens is 318 g/mol. The highest BCUT2D eigenvalue weighted by Crippen LogP contribution is 2.30. The van der Waals surface area contributed by atoms with E-state index in [0.717, 1.165) is 51.0 Å². The second kappa shape index (κ2) is 7.93. The number of carbonyl (C=O) groups excluding carboxylic acids is 1. The van der Waals surface area contributed by atoms with Gasteiger partial charge in [0.25, 0.3) is 0 Å². The molecule has 7 nitrogen and oxygen atoms in total. The normalized spacial score (nSPS) is 19.5. The van der Waals surface area contributed by atoms with E-state index in [0.29, 0.717) is 12.4 Å². The summed E-state index contributed by atoms with van der Waals surface area (Å²) in [5, 5.41) is 0. The zero-order chi connectivity index (χ0) is 17.7. The summed E-state index contributed by atoms with van der Waals surface area (Å²) in [6.07, 6.45) is 5.43. The highest BCUT2D eigenvalue weighted by Gasteiger charge is 2.41. The summed E-state index contributed by atoms with van der Waals surface area (Å²) in [4.78, 5) is 31.1. The van der Waals surface area contributed by atoms with Crippen molar-refractivity contribution in [3.8, 4) is 0 Å². The largest absolute Gasteiger partial charge is 0.345 e. The lowest BCUT2D eigenvalue weighted by Crippen LogP contribution is -2.47. The molecule has 1 N–H and O–H groups in total. The Morgan fingerprint density at radius 3 is 2.88 bits per heavy atom. The van der Waals surface area contributed by atoms with Gasteiger partial charge in [-0.25, -0.2) is 15.3 Å². The SMILES string of the molecule is CCCCN(C)C(=O)CN1CCC2(CC1)N=C(c1ccccn1)NO2. The standard InChI is InChI=1S/C18H27N5O2/c1-3-4-11-22(2)16(24)14-23-12-8-18(9-13-23)20-17(21-25-18)15-7-5-6-10-19-15/h5-7,10H,3-4,8-9,11-14H2,1-2H3,(H,20,21). The molecule has 0 bridgehead atoms. The van der Waals surface area contributed by atoms with Crippen molar-refractivity contribution in [2.45, 2.75) is 38.3 Å². The van der Waals surface area contributed by atoms with E-state index in [1.165, 1.54) is 0 Å². The number of likely N-dealkylation sites (N-methyl/N-ethyl adjacent to an activating group) is 1. The van der Waals surface area contributed by atoms with Gasteiger partial charge in [-0.15, -0.1) is 0 Å². The molecular formula is C18H27N5O2. The molecule has 1 fully saturated rings. The number of hydroxylamine groups is 1. The van der Waals surface area contributed by atoms with Crippen molar-refractivity contribution in [1.82, 2.24) is 20.3 Å². The molecule has 1 aromatic rings. The molecule has 136 valence electrons. The van der Waals surface area contributed by atoms with E-state index >= 15 is 0 Å². The third-order valence-corrected chi connectivity index (χ3v) is 4.83. The molecule has 7 heteroatoms. The number of aromatic nitrogens is 1. The first-order valence-electron chi connectivity index (χ1n) is 9.03. The summed E-state index contributed by atoms with van der Waals surface area (Å²) in [7, 11) is 1.89. The highest BCUT2D eigenvalue weighted by molar-refractivity contribution is 5.97. The maximum absolute atomic E-state index is 12.3. The van der Waals surface area contributed by atoms with Gasteiger partial charge in [0.05, 0.1) is 6.54 Å². The maximum Gasteiger partial charge on any atom is 0.236 e. The predicted molar refractivity (Wildman–Crippen MR) is 95.9 cm³/mol. The fourth-order valence-electron chi connectivity index (χ4n) is 3.11. The van der Waals surface area contributed by atoms with Gasteiger partial charge in [-0.1, -0.05) is 19.4 Å². The Morgan fingerprint density at radius 1 is 1.40 bits per heavy atom. The molecule has 0 saturated carbocycles. The van der Waals surface area contributed by atoms with Crippen molar-refractivity contribution >= 4 is 11.7 Å². The van der Waals surface area contributed by atoms with Crippen molar-refractivity contribution in [2.24, 2.45) is 4.99 Å². The summed E-state index contributed by atoms with van der Waals surface area (Å²) >= 11 is 0. The molecule has 2 aliphatic rings. The highest BCUT2D eigenvalue weighted by atomic mass is 16.7. The number of unbranched alkanes of at least 4 members (excludes halogenated alkanes) is 1. The quantitative estimate of drug-likeness (QED) is 0.844. The summed E-state index contributed by atoms with van der Waals surface area (Å²) < 4.78 is 0. The average molecular weight is 345 g/mol. The molecule has 1 spiro atoms. The number of amidine groups is 1. The van der Waals surface area contributed by atoms with Gasteiger partial charge >= 0.3 is 0 Å². The van der Waals surface area contributed by atoms with Gasteiger partial charge in [0.1, 0.15) is 5.69 Å². The minimum absolute atomic E-state index is 0.188. The number of pyridine rings is 1. The summed E-state index contributed by atoms with van der Waals surface area (Å²) in [5.74, 6) is 0.872. The Hall–Kier alpha value is -1.99. The van der Waals surface area contributed by atoms with Gasteiger partial charge < -0.3 is 4.90 Å². The Labute approximate surface area is 149 Å². The van der Waals surface area contributed by atoms with Crippen LogP contribution in [0.2, 0.25) is 0 Å². The van der Waals surface area contributed by atoms with Crippen LogP contribution in [0.3, 0.4) is 0 Å². The van der Waals surface area contributed by atoms with Crippen molar-refractivity contribution < 1.29 is 9.63 Å². The zero-order valence-corrected chi connectivity index (χ0v) is 15.1. The second-order valence-electron chi connectivity index (χ2n) is 6.77. The van der Waals surface area contributed by atoms with E-state index < -0.39 is 5.72 Å². The minimum Gasteiger partial charge on any atom is -0.345 e. The number of carbonyl (C=O) groups is 1. The molecule has 3 heterocycles. The summed E-state index contributed by atoms with van der Waals surface area (Å²) in [5.41, 5.74) is 3.18. The van der Waals surface area contributed by atoms with E-state index in [-0.39, 0.29) is 5.91 Å². The monoisotopic (exact) mass is 345 g/mol. The van der Waals surface area contributed by atoms with E-state index in [2.05, 4.69) is 22.3 Å². The molecule has 0 atom stereocenters. The Kier molecular flexibility index (Phi) is 5.65. The summed E-state index contributed by atoms with van der Waals surface area (Å²) in [6.45, 7) is 5.04. The Balaban J connectivity index is 1.52. The van der Waals surface area contributed by atoms with E-state index in [9.17, 15) is 4.79 Å². The lowest BCUT2D eigenvalue weighted by atomic mass is 10.0. The Morgan fingerprint density at radius 2 is 2.20 bits per heavy atom. The number of hydrogen-bond donors (Lipinski definition) is 1. The van der Waals surface area contributed by atoms with Gasteiger partial charge in [0.2, 0.25) is 5.91 Å². The van der Waals surface area contributed by atoms with E-state index in [4.69, 9.17) is 9.83 Å². The number of hydrogen-bond acceptors (Lipinski definition) is 6. The number of piperidine rings is 1. The third-order valence-electron chi connectivity index (χ3n) is 4.83. The van der Waals surface area contributed by atoms with Gasteiger partial charge in [0.15, 0.2) is 11.6 Å². The van der Waals surface area contributed by atoms with Crippen LogP contribution < -0.4 is 5.48 Å². The van der Waals surface area contributed by atoms with Crippen LogP contribution in [0.4, 0.5) is 0 Å². The molecule has 1 saturated heterocycles. The number of likely N-dealkylation sites (tertiary alicyclic amines) is 1. The van der Waals surface area contributed by atoms with E-state index in [1.54, 1.807) is 6.20 Å². The molecule has 0 aromatic carbocycles. The second-order valence-corrected chi connectivity index (χ2v) is 6.77. The number of amides is 1. The Bertz CT molecular complexity index is 611.